The topological polar surface area (TPSA) is 111 Å². The van der Waals surface area contributed by atoms with Gasteiger partial charge in [-0.05, 0) is 67.1 Å². The predicted molar refractivity (Wildman–Crippen MR) is 138 cm³/mol. The standard InChI is InChI=1S/C28H29N5O4/c34-27(35)15-25(20-14-26-28(30-16-20)29-10-12-37-26)33-24-8-7-22(13-19(24)17-31-33)36-11-9-21-6-5-18-3-1-2-4-23(18)32-21/h5-8,13-14,16-17,25H,1-4,9-12,15H2,(H,29,30)(H,34,35). The molecule has 2 N–H and O–H groups in total. The van der Waals surface area contributed by atoms with Gasteiger partial charge in [-0.3, -0.25) is 14.5 Å². The summed E-state index contributed by atoms with van der Waals surface area (Å²) in [4.78, 5) is 21.0. The van der Waals surface area contributed by atoms with Crippen molar-refractivity contribution in [2.75, 3.05) is 25.1 Å². The molecule has 1 aliphatic carbocycles. The van der Waals surface area contributed by atoms with Crippen LogP contribution in [-0.2, 0) is 24.1 Å². The molecule has 0 bridgehead atoms. The molecule has 0 saturated carbocycles. The highest BCUT2D eigenvalue weighted by Crippen LogP contribution is 2.33. The summed E-state index contributed by atoms with van der Waals surface area (Å²) in [5.74, 6) is 1.12. The highest BCUT2D eigenvalue weighted by atomic mass is 16.5. The van der Waals surface area contributed by atoms with E-state index in [9.17, 15) is 9.90 Å². The number of fused-ring (bicyclic) bond motifs is 3. The Bertz CT molecular complexity index is 1450. The largest absolute Gasteiger partial charge is 0.493 e. The molecule has 0 fully saturated rings. The fourth-order valence-electron chi connectivity index (χ4n) is 5.14. The zero-order valence-corrected chi connectivity index (χ0v) is 20.5. The number of benzene rings is 1. The number of aliphatic carboxylic acids is 1. The first kappa shape index (κ1) is 23.3. The number of aromatic nitrogens is 4. The van der Waals surface area contributed by atoms with Gasteiger partial charge in [0.1, 0.15) is 12.4 Å². The monoisotopic (exact) mass is 499 g/mol. The summed E-state index contributed by atoms with van der Waals surface area (Å²) in [6.07, 6.45) is 8.72. The third kappa shape index (κ3) is 4.94. The molecular formula is C28H29N5O4. The number of nitrogens with one attached hydrogen (secondary N) is 1. The van der Waals surface area contributed by atoms with Crippen LogP contribution in [0.3, 0.4) is 0 Å². The second kappa shape index (κ2) is 10.1. The summed E-state index contributed by atoms with van der Waals surface area (Å²) in [5, 5.41) is 18.2. The maximum atomic E-state index is 11.7. The highest BCUT2D eigenvalue weighted by molar-refractivity contribution is 5.81. The molecule has 9 nitrogen and oxygen atoms in total. The van der Waals surface area contributed by atoms with E-state index in [1.165, 1.54) is 24.1 Å². The van der Waals surface area contributed by atoms with E-state index in [2.05, 4.69) is 27.5 Å². The van der Waals surface area contributed by atoms with E-state index < -0.39 is 12.0 Å². The van der Waals surface area contributed by atoms with Gasteiger partial charge in [0.05, 0.1) is 37.3 Å². The molecule has 190 valence electrons. The number of carbonyl (C=O) groups is 1. The quantitative estimate of drug-likeness (QED) is 0.371. The second-order valence-electron chi connectivity index (χ2n) is 9.53. The third-order valence-corrected chi connectivity index (χ3v) is 7.00. The summed E-state index contributed by atoms with van der Waals surface area (Å²) in [6.45, 7) is 1.76. The Morgan fingerprint density at radius 3 is 3.00 bits per heavy atom. The minimum Gasteiger partial charge on any atom is -0.493 e. The van der Waals surface area contributed by atoms with Crippen molar-refractivity contribution in [3.8, 4) is 11.5 Å². The van der Waals surface area contributed by atoms with Crippen molar-refractivity contribution in [3.05, 3.63) is 71.3 Å². The van der Waals surface area contributed by atoms with E-state index in [1.54, 1.807) is 17.1 Å². The van der Waals surface area contributed by atoms with Crippen molar-refractivity contribution in [2.45, 2.75) is 44.6 Å². The van der Waals surface area contributed by atoms with Gasteiger partial charge in [0.15, 0.2) is 11.6 Å². The Hall–Kier alpha value is -4.14. The Kier molecular flexibility index (Phi) is 6.34. The Balaban J connectivity index is 1.19. The molecule has 37 heavy (non-hydrogen) atoms. The molecule has 0 spiro atoms. The third-order valence-electron chi connectivity index (χ3n) is 7.00. The van der Waals surface area contributed by atoms with Gasteiger partial charge in [-0.2, -0.15) is 5.10 Å². The number of nitrogens with zero attached hydrogens (tertiary/aromatic N) is 4. The molecule has 0 radical (unpaired) electrons. The van der Waals surface area contributed by atoms with Crippen LogP contribution in [0.25, 0.3) is 10.9 Å². The Morgan fingerprint density at radius 2 is 2.08 bits per heavy atom. The molecule has 1 atom stereocenters. The number of rotatable bonds is 8. The van der Waals surface area contributed by atoms with Gasteiger partial charge in [-0.15, -0.1) is 0 Å². The van der Waals surface area contributed by atoms with E-state index in [-0.39, 0.29) is 6.42 Å². The average molecular weight is 500 g/mol. The predicted octanol–water partition coefficient (Wildman–Crippen LogP) is 4.20. The van der Waals surface area contributed by atoms with Crippen LogP contribution in [0.1, 0.15) is 47.8 Å². The van der Waals surface area contributed by atoms with E-state index in [4.69, 9.17) is 14.5 Å². The van der Waals surface area contributed by atoms with Gasteiger partial charge >= 0.3 is 5.97 Å². The number of hydrogen-bond donors (Lipinski definition) is 2. The number of pyridine rings is 2. The summed E-state index contributed by atoms with van der Waals surface area (Å²) in [5.41, 5.74) is 5.24. The molecule has 4 aromatic rings. The number of anilines is 1. The van der Waals surface area contributed by atoms with Gasteiger partial charge in [-0.25, -0.2) is 4.98 Å². The highest BCUT2D eigenvalue weighted by Gasteiger charge is 2.23. The summed E-state index contributed by atoms with van der Waals surface area (Å²) < 4.78 is 13.5. The van der Waals surface area contributed by atoms with Gasteiger partial charge < -0.3 is 19.9 Å². The molecule has 4 heterocycles. The molecule has 1 aromatic carbocycles. The minimum absolute atomic E-state index is 0.128. The molecule has 1 aliphatic heterocycles. The first-order valence-electron chi connectivity index (χ1n) is 12.8. The summed E-state index contributed by atoms with van der Waals surface area (Å²) in [6, 6.07) is 11.4. The lowest BCUT2D eigenvalue weighted by atomic mass is 9.96. The van der Waals surface area contributed by atoms with Crippen LogP contribution in [0, 0.1) is 0 Å². The second-order valence-corrected chi connectivity index (χ2v) is 9.53. The van der Waals surface area contributed by atoms with Gasteiger partial charge in [0, 0.05) is 29.4 Å². The average Bonchev–Trinajstić information content (AvgIpc) is 3.34. The number of ether oxygens (including phenoxy) is 2. The molecule has 9 heteroatoms. The van der Waals surface area contributed by atoms with Crippen molar-refractivity contribution in [2.24, 2.45) is 0 Å². The fraction of sp³-hybridized carbons (Fsp3) is 0.357. The molecule has 6 rings (SSSR count). The minimum atomic E-state index is -0.916. The van der Waals surface area contributed by atoms with Crippen LogP contribution >= 0.6 is 0 Å². The molecular weight excluding hydrogens is 470 g/mol. The Labute approximate surface area is 214 Å². The van der Waals surface area contributed by atoms with Gasteiger partial charge in [-0.1, -0.05) is 6.07 Å². The van der Waals surface area contributed by atoms with E-state index in [1.807, 2.05) is 24.3 Å². The molecule has 0 amide bonds. The van der Waals surface area contributed by atoms with Crippen LogP contribution in [0.5, 0.6) is 11.5 Å². The van der Waals surface area contributed by atoms with Crippen LogP contribution in [0.4, 0.5) is 5.82 Å². The van der Waals surface area contributed by atoms with E-state index >= 15 is 0 Å². The molecule has 1 unspecified atom stereocenters. The van der Waals surface area contributed by atoms with Crippen molar-refractivity contribution in [1.82, 2.24) is 19.7 Å². The summed E-state index contributed by atoms with van der Waals surface area (Å²) >= 11 is 0. The molecule has 3 aromatic heterocycles. The van der Waals surface area contributed by atoms with Crippen LogP contribution in [-0.4, -0.2) is 50.6 Å². The Morgan fingerprint density at radius 1 is 1.16 bits per heavy atom. The lowest BCUT2D eigenvalue weighted by Gasteiger charge is -2.22. The number of aryl methyl sites for hydroxylation is 2. The van der Waals surface area contributed by atoms with Crippen LogP contribution in [0.15, 0.2) is 48.8 Å². The number of carboxylic acid groups (broad SMARTS) is 1. The number of hydrogen-bond acceptors (Lipinski definition) is 7. The van der Waals surface area contributed by atoms with Gasteiger partial charge in [0.2, 0.25) is 0 Å². The first-order valence-corrected chi connectivity index (χ1v) is 12.8. The SMILES string of the molecule is O=C(O)CC(c1cnc2c(c1)OCCN2)n1ncc2cc(OCCc3ccc4c(n3)CCCC4)ccc21. The smallest absolute Gasteiger partial charge is 0.305 e. The van der Waals surface area contributed by atoms with E-state index in [0.717, 1.165) is 47.2 Å². The molecule has 2 aliphatic rings. The zero-order chi connectivity index (χ0) is 25.2. The number of carboxylic acids is 1. The van der Waals surface area contributed by atoms with Crippen molar-refractivity contribution in [3.63, 3.8) is 0 Å². The van der Waals surface area contributed by atoms with Crippen molar-refractivity contribution in [1.29, 1.82) is 0 Å². The zero-order valence-electron chi connectivity index (χ0n) is 20.5. The maximum Gasteiger partial charge on any atom is 0.305 e. The fourth-order valence-corrected chi connectivity index (χ4v) is 5.14. The van der Waals surface area contributed by atoms with Crippen molar-refractivity contribution < 1.29 is 19.4 Å². The van der Waals surface area contributed by atoms with Crippen LogP contribution in [0.2, 0.25) is 0 Å². The lowest BCUT2D eigenvalue weighted by Crippen LogP contribution is -2.21. The van der Waals surface area contributed by atoms with Crippen molar-refractivity contribution >= 4 is 22.7 Å². The molecule has 0 saturated heterocycles. The van der Waals surface area contributed by atoms with Gasteiger partial charge in [0.25, 0.3) is 0 Å². The van der Waals surface area contributed by atoms with E-state index in [0.29, 0.717) is 31.3 Å². The lowest BCUT2D eigenvalue weighted by molar-refractivity contribution is -0.137. The van der Waals surface area contributed by atoms with Crippen LogP contribution < -0.4 is 14.8 Å². The normalized spacial score (nSPS) is 15.2. The maximum absolute atomic E-state index is 11.7. The first-order chi connectivity index (χ1) is 18.1. The summed E-state index contributed by atoms with van der Waals surface area (Å²) in [7, 11) is 0.